The number of amides is 1. The van der Waals surface area contributed by atoms with E-state index in [1.807, 2.05) is 0 Å². The second-order valence-corrected chi connectivity index (χ2v) is 3.29. The zero-order valence-electron chi connectivity index (χ0n) is 7.12. The van der Waals surface area contributed by atoms with E-state index in [-0.39, 0.29) is 24.6 Å². The molecule has 0 aromatic carbocycles. The lowest BCUT2D eigenvalue weighted by molar-refractivity contribution is -0.120. The molecule has 4 heteroatoms. The van der Waals surface area contributed by atoms with Gasteiger partial charge in [0.05, 0.1) is 12.6 Å². The monoisotopic (exact) mass is 172 g/mol. The van der Waals surface area contributed by atoms with Gasteiger partial charge in [0, 0.05) is 6.04 Å². The average Bonchev–Trinajstić information content (AvgIpc) is 2.04. The third kappa shape index (κ3) is 2.79. The second kappa shape index (κ2) is 4.42. The van der Waals surface area contributed by atoms with Gasteiger partial charge in [-0.1, -0.05) is 0 Å². The third-order valence-electron chi connectivity index (χ3n) is 2.20. The molecule has 0 aliphatic heterocycles. The highest BCUT2D eigenvalue weighted by Gasteiger charge is 2.20. The zero-order valence-corrected chi connectivity index (χ0v) is 7.12. The summed E-state index contributed by atoms with van der Waals surface area (Å²) in [6, 6.07) is 0.129. The number of nitrogens with two attached hydrogens (primary N) is 1. The maximum absolute atomic E-state index is 10.9. The van der Waals surface area contributed by atoms with Crippen LogP contribution in [0.4, 0.5) is 0 Å². The minimum absolute atomic E-state index is 0.0343. The van der Waals surface area contributed by atoms with E-state index in [4.69, 9.17) is 5.73 Å². The van der Waals surface area contributed by atoms with Crippen LogP contribution in [0, 0.1) is 0 Å². The van der Waals surface area contributed by atoms with Crippen molar-refractivity contribution in [1.29, 1.82) is 0 Å². The molecule has 0 saturated heterocycles. The van der Waals surface area contributed by atoms with Crippen molar-refractivity contribution in [3.05, 3.63) is 0 Å². The van der Waals surface area contributed by atoms with Gasteiger partial charge in [0.15, 0.2) is 0 Å². The average molecular weight is 172 g/mol. The van der Waals surface area contributed by atoms with Crippen LogP contribution >= 0.6 is 0 Å². The van der Waals surface area contributed by atoms with E-state index >= 15 is 0 Å². The molecule has 1 aliphatic carbocycles. The van der Waals surface area contributed by atoms with Gasteiger partial charge in [-0.3, -0.25) is 4.79 Å². The highest BCUT2D eigenvalue weighted by atomic mass is 16.3. The van der Waals surface area contributed by atoms with Crippen molar-refractivity contribution < 1.29 is 9.90 Å². The van der Waals surface area contributed by atoms with E-state index in [1.165, 1.54) is 0 Å². The van der Waals surface area contributed by atoms with Gasteiger partial charge in [0.25, 0.3) is 0 Å². The number of hydrogen-bond acceptors (Lipinski definition) is 3. The molecule has 4 nitrogen and oxygen atoms in total. The lowest BCUT2D eigenvalue weighted by atomic mass is 9.93. The molecule has 70 valence electrons. The molecule has 0 aromatic heterocycles. The van der Waals surface area contributed by atoms with Crippen LogP contribution in [0.1, 0.15) is 25.7 Å². The first-order valence-electron chi connectivity index (χ1n) is 4.40. The van der Waals surface area contributed by atoms with Gasteiger partial charge in [-0.05, 0) is 25.7 Å². The molecule has 4 N–H and O–H groups in total. The summed E-state index contributed by atoms with van der Waals surface area (Å²) in [5, 5.41) is 12.1. The second-order valence-electron chi connectivity index (χ2n) is 3.29. The normalized spacial score (nSPS) is 29.8. The van der Waals surface area contributed by atoms with Crippen LogP contribution in [0.25, 0.3) is 0 Å². The molecule has 1 amide bonds. The van der Waals surface area contributed by atoms with E-state index in [1.54, 1.807) is 0 Å². The third-order valence-corrected chi connectivity index (χ3v) is 2.20. The highest BCUT2D eigenvalue weighted by Crippen LogP contribution is 2.17. The van der Waals surface area contributed by atoms with Crippen LogP contribution in [0.3, 0.4) is 0 Å². The Hall–Kier alpha value is -0.610. The Morgan fingerprint density at radius 3 is 2.92 bits per heavy atom. The maximum Gasteiger partial charge on any atom is 0.233 e. The summed E-state index contributed by atoms with van der Waals surface area (Å²) in [5.74, 6) is -0.130. The Morgan fingerprint density at radius 1 is 1.58 bits per heavy atom. The fraction of sp³-hybridized carbons (Fsp3) is 0.875. The van der Waals surface area contributed by atoms with Crippen molar-refractivity contribution in [1.82, 2.24) is 5.32 Å². The van der Waals surface area contributed by atoms with Gasteiger partial charge in [-0.2, -0.15) is 0 Å². The Kier molecular flexibility index (Phi) is 3.49. The lowest BCUT2D eigenvalue weighted by Gasteiger charge is -2.26. The maximum atomic E-state index is 10.9. The quantitative estimate of drug-likeness (QED) is 0.519. The van der Waals surface area contributed by atoms with E-state index in [0.29, 0.717) is 6.42 Å². The summed E-state index contributed by atoms with van der Waals surface area (Å²) in [4.78, 5) is 10.9. The topological polar surface area (TPSA) is 75.4 Å². The van der Waals surface area contributed by atoms with Gasteiger partial charge in [0.2, 0.25) is 5.91 Å². The summed E-state index contributed by atoms with van der Waals surface area (Å²) in [5.41, 5.74) is 5.15. The Balaban J connectivity index is 2.27. The van der Waals surface area contributed by atoms with Crippen molar-refractivity contribution in [3.63, 3.8) is 0 Å². The zero-order chi connectivity index (χ0) is 8.97. The molecule has 1 fully saturated rings. The van der Waals surface area contributed by atoms with Crippen LogP contribution in [0.5, 0.6) is 0 Å². The van der Waals surface area contributed by atoms with Gasteiger partial charge in [-0.15, -0.1) is 0 Å². The number of aliphatic hydroxyl groups is 1. The van der Waals surface area contributed by atoms with Crippen molar-refractivity contribution >= 4 is 5.91 Å². The number of carbonyl (C=O) groups excluding carboxylic acids is 1. The highest BCUT2D eigenvalue weighted by molar-refractivity contribution is 5.78. The SMILES string of the molecule is NCC(=O)NC1CCCC(O)C1. The number of nitrogens with one attached hydrogen (secondary N) is 1. The van der Waals surface area contributed by atoms with Gasteiger partial charge in [0.1, 0.15) is 0 Å². The lowest BCUT2D eigenvalue weighted by Crippen LogP contribution is -2.42. The number of aliphatic hydroxyl groups excluding tert-OH is 1. The van der Waals surface area contributed by atoms with Crippen molar-refractivity contribution in [2.24, 2.45) is 5.73 Å². The van der Waals surface area contributed by atoms with Crippen LogP contribution < -0.4 is 11.1 Å². The molecule has 0 bridgehead atoms. The Labute approximate surface area is 72.1 Å². The number of hydrogen-bond donors (Lipinski definition) is 3. The molecular weight excluding hydrogens is 156 g/mol. The Bertz CT molecular complexity index is 161. The standard InChI is InChI=1S/C8H16N2O2/c9-5-8(12)10-6-2-1-3-7(11)4-6/h6-7,11H,1-5,9H2,(H,10,12). The fourth-order valence-corrected chi connectivity index (χ4v) is 1.58. The van der Waals surface area contributed by atoms with Gasteiger partial charge in [-0.25, -0.2) is 0 Å². The van der Waals surface area contributed by atoms with E-state index < -0.39 is 0 Å². The van der Waals surface area contributed by atoms with Crippen molar-refractivity contribution in [2.75, 3.05) is 6.54 Å². The van der Waals surface area contributed by atoms with Gasteiger partial charge < -0.3 is 16.2 Å². The summed E-state index contributed by atoms with van der Waals surface area (Å²) >= 11 is 0. The number of rotatable bonds is 2. The first-order chi connectivity index (χ1) is 5.72. The van der Waals surface area contributed by atoms with Gasteiger partial charge >= 0.3 is 0 Å². The van der Waals surface area contributed by atoms with Crippen LogP contribution in [0.2, 0.25) is 0 Å². The number of carbonyl (C=O) groups is 1. The summed E-state index contributed by atoms with van der Waals surface area (Å²) in [6.07, 6.45) is 3.22. The molecule has 1 saturated carbocycles. The largest absolute Gasteiger partial charge is 0.393 e. The smallest absolute Gasteiger partial charge is 0.233 e. The predicted octanol–water partition coefficient (Wildman–Crippen LogP) is -0.635. The van der Waals surface area contributed by atoms with Crippen LogP contribution in [0.15, 0.2) is 0 Å². The molecular formula is C8H16N2O2. The molecule has 1 aliphatic rings. The van der Waals surface area contributed by atoms with E-state index in [0.717, 1.165) is 19.3 Å². The first-order valence-corrected chi connectivity index (χ1v) is 4.40. The summed E-state index contributed by atoms with van der Waals surface area (Å²) in [7, 11) is 0. The molecule has 1 rings (SSSR count). The Morgan fingerprint density at radius 2 is 2.33 bits per heavy atom. The van der Waals surface area contributed by atoms with E-state index in [9.17, 15) is 9.90 Å². The van der Waals surface area contributed by atoms with Crippen LogP contribution in [-0.4, -0.2) is 29.7 Å². The van der Waals surface area contributed by atoms with Crippen LogP contribution in [-0.2, 0) is 4.79 Å². The minimum Gasteiger partial charge on any atom is -0.393 e. The first kappa shape index (κ1) is 9.48. The molecule has 12 heavy (non-hydrogen) atoms. The summed E-state index contributed by atoms with van der Waals surface area (Å²) in [6.45, 7) is 0.0343. The fourth-order valence-electron chi connectivity index (χ4n) is 1.58. The predicted molar refractivity (Wildman–Crippen MR) is 45.5 cm³/mol. The minimum atomic E-state index is -0.248. The molecule has 0 spiro atoms. The van der Waals surface area contributed by atoms with Crippen molar-refractivity contribution in [2.45, 2.75) is 37.8 Å². The van der Waals surface area contributed by atoms with E-state index in [2.05, 4.69) is 5.32 Å². The molecule has 2 unspecified atom stereocenters. The van der Waals surface area contributed by atoms with Crippen molar-refractivity contribution in [3.8, 4) is 0 Å². The molecule has 2 atom stereocenters. The summed E-state index contributed by atoms with van der Waals surface area (Å²) < 4.78 is 0. The molecule has 0 aromatic rings. The molecule has 0 heterocycles. The molecule has 0 radical (unpaired) electrons.